The summed E-state index contributed by atoms with van der Waals surface area (Å²) in [5, 5.41) is 1.28. The van der Waals surface area contributed by atoms with E-state index in [1.54, 1.807) is 0 Å². The minimum atomic E-state index is 0.127. The van der Waals surface area contributed by atoms with Crippen molar-refractivity contribution in [2.45, 2.75) is 65.6 Å². The lowest BCUT2D eigenvalue weighted by molar-refractivity contribution is 0.136. The summed E-state index contributed by atoms with van der Waals surface area (Å²) in [5.74, 6) is 0. The van der Waals surface area contributed by atoms with Crippen LogP contribution in [0.5, 0.6) is 0 Å². The van der Waals surface area contributed by atoms with Gasteiger partial charge in [-0.3, -0.25) is 4.90 Å². The van der Waals surface area contributed by atoms with E-state index in [4.69, 9.17) is 4.42 Å². The van der Waals surface area contributed by atoms with Crippen LogP contribution in [-0.4, -0.2) is 10.4 Å². The van der Waals surface area contributed by atoms with Gasteiger partial charge in [0, 0.05) is 29.6 Å². The molecule has 20 heavy (non-hydrogen) atoms. The number of benzene rings is 1. The average Bonchev–Trinajstić information content (AvgIpc) is 2.85. The lowest BCUT2D eigenvalue weighted by atomic mass is 9.86. The van der Waals surface area contributed by atoms with Crippen molar-refractivity contribution in [2.24, 2.45) is 0 Å². The molecule has 0 N–H and O–H groups in total. The number of nitrogens with zero attached hydrogens (tertiary/aromatic N) is 1. The van der Waals surface area contributed by atoms with Crippen molar-refractivity contribution in [1.29, 1.82) is 0 Å². The quantitative estimate of drug-likeness (QED) is 0.681. The molecular weight excluding hydrogens is 246 g/mol. The lowest BCUT2D eigenvalue weighted by Gasteiger charge is -2.31. The Morgan fingerprint density at radius 2 is 1.55 bits per heavy atom. The van der Waals surface area contributed by atoms with Gasteiger partial charge in [0.25, 0.3) is 0 Å². The highest BCUT2D eigenvalue weighted by molar-refractivity contribution is 5.84. The molecule has 1 aromatic heterocycles. The maximum Gasteiger partial charge on any atom is 0.134 e. The summed E-state index contributed by atoms with van der Waals surface area (Å²) in [5.41, 5.74) is 5.56. The van der Waals surface area contributed by atoms with Crippen LogP contribution in [0, 0.1) is 0 Å². The van der Waals surface area contributed by atoms with Crippen LogP contribution in [0.2, 0.25) is 0 Å². The second-order valence-corrected chi connectivity index (χ2v) is 8.04. The Hall–Kier alpha value is -1.28. The molecule has 0 saturated carbocycles. The van der Waals surface area contributed by atoms with Crippen molar-refractivity contribution >= 4 is 11.0 Å². The van der Waals surface area contributed by atoms with Crippen molar-refractivity contribution in [3.05, 3.63) is 35.1 Å². The van der Waals surface area contributed by atoms with Crippen LogP contribution in [0.1, 0.15) is 58.2 Å². The number of furan rings is 1. The Morgan fingerprint density at radius 1 is 0.950 bits per heavy atom. The minimum Gasteiger partial charge on any atom is -0.464 e. The number of fused-ring (bicyclic) bond motifs is 2. The first-order valence-corrected chi connectivity index (χ1v) is 7.45. The van der Waals surface area contributed by atoms with Crippen molar-refractivity contribution in [2.75, 3.05) is 0 Å². The van der Waals surface area contributed by atoms with Gasteiger partial charge in [0.05, 0.1) is 6.26 Å². The zero-order valence-corrected chi connectivity index (χ0v) is 13.5. The Balaban J connectivity index is 2.07. The summed E-state index contributed by atoms with van der Waals surface area (Å²) in [6.45, 7) is 15.6. The number of rotatable bonds is 0. The molecule has 0 bridgehead atoms. The fraction of sp³-hybridized carbons (Fsp3) is 0.556. The summed E-state index contributed by atoms with van der Waals surface area (Å²) in [6, 6.07) is 4.59. The van der Waals surface area contributed by atoms with Gasteiger partial charge in [0.2, 0.25) is 0 Å². The Kier molecular flexibility index (Phi) is 2.81. The van der Waals surface area contributed by atoms with E-state index in [0.29, 0.717) is 0 Å². The van der Waals surface area contributed by atoms with E-state index in [9.17, 15) is 0 Å². The maximum absolute atomic E-state index is 5.80. The molecule has 2 heteroatoms. The van der Waals surface area contributed by atoms with Crippen LogP contribution in [0.4, 0.5) is 0 Å². The summed E-state index contributed by atoms with van der Waals surface area (Å²) in [6.07, 6.45) is 1.93. The van der Waals surface area contributed by atoms with Crippen LogP contribution in [0.15, 0.2) is 22.8 Å². The molecule has 0 amide bonds. The van der Waals surface area contributed by atoms with Gasteiger partial charge in [-0.2, -0.15) is 0 Å². The molecule has 108 valence electrons. The zero-order chi connectivity index (χ0) is 14.7. The third kappa shape index (κ3) is 2.16. The van der Waals surface area contributed by atoms with Gasteiger partial charge in [-0.05, 0) is 49.4 Å². The van der Waals surface area contributed by atoms with Crippen molar-refractivity contribution < 1.29 is 4.42 Å². The van der Waals surface area contributed by atoms with Gasteiger partial charge < -0.3 is 4.42 Å². The molecule has 3 rings (SSSR count). The number of hydrogen-bond acceptors (Lipinski definition) is 2. The molecule has 0 spiro atoms. The van der Waals surface area contributed by atoms with E-state index < -0.39 is 0 Å². The van der Waals surface area contributed by atoms with Crippen molar-refractivity contribution in [3.63, 3.8) is 0 Å². The monoisotopic (exact) mass is 271 g/mol. The third-order valence-corrected chi connectivity index (χ3v) is 4.37. The standard InChI is InChI=1S/C18H25NO/c1-17(2,3)15-11-20-16-8-13-10-19(18(4,5)6)9-12(13)7-14(15)16/h7-8,11H,9-10H2,1-6H3. The molecule has 0 fully saturated rings. The first kappa shape index (κ1) is 13.7. The van der Waals surface area contributed by atoms with Crippen LogP contribution >= 0.6 is 0 Å². The zero-order valence-electron chi connectivity index (χ0n) is 13.5. The van der Waals surface area contributed by atoms with Crippen LogP contribution in [0.25, 0.3) is 11.0 Å². The van der Waals surface area contributed by atoms with Crippen LogP contribution in [-0.2, 0) is 18.5 Å². The molecule has 0 saturated heterocycles. The predicted octanol–water partition coefficient (Wildman–Crippen LogP) is 4.84. The summed E-state index contributed by atoms with van der Waals surface area (Å²) in [4.78, 5) is 2.52. The first-order valence-electron chi connectivity index (χ1n) is 7.45. The minimum absolute atomic E-state index is 0.127. The molecule has 1 aliphatic heterocycles. The molecule has 1 aromatic carbocycles. The van der Waals surface area contributed by atoms with Crippen LogP contribution < -0.4 is 0 Å². The molecule has 0 aliphatic carbocycles. The predicted molar refractivity (Wildman–Crippen MR) is 83.9 cm³/mol. The molecular formula is C18H25NO. The Bertz CT molecular complexity index is 652. The van der Waals surface area contributed by atoms with E-state index in [0.717, 1.165) is 18.7 Å². The van der Waals surface area contributed by atoms with E-state index >= 15 is 0 Å². The normalized spacial score (nSPS) is 16.9. The number of hydrogen-bond donors (Lipinski definition) is 0. The van der Waals surface area contributed by atoms with Crippen molar-refractivity contribution in [3.8, 4) is 0 Å². The van der Waals surface area contributed by atoms with E-state index in [1.165, 1.54) is 22.1 Å². The van der Waals surface area contributed by atoms with Gasteiger partial charge in [-0.15, -0.1) is 0 Å². The smallest absolute Gasteiger partial charge is 0.134 e. The molecule has 2 heterocycles. The highest BCUT2D eigenvalue weighted by Crippen LogP contribution is 2.37. The van der Waals surface area contributed by atoms with Gasteiger partial charge in [0.1, 0.15) is 5.58 Å². The highest BCUT2D eigenvalue weighted by Gasteiger charge is 2.29. The largest absolute Gasteiger partial charge is 0.464 e. The SMILES string of the molecule is CC(C)(C)c1coc2cc3c(cc12)CN(C(C)(C)C)C3. The van der Waals surface area contributed by atoms with Gasteiger partial charge in [-0.1, -0.05) is 20.8 Å². The van der Waals surface area contributed by atoms with Gasteiger partial charge in [0.15, 0.2) is 0 Å². The first-order chi connectivity index (χ1) is 9.16. The molecule has 2 aromatic rings. The van der Waals surface area contributed by atoms with Crippen molar-refractivity contribution in [1.82, 2.24) is 4.90 Å². The fourth-order valence-corrected chi connectivity index (χ4v) is 2.98. The van der Waals surface area contributed by atoms with E-state index in [2.05, 4.69) is 58.6 Å². The summed E-state index contributed by atoms with van der Waals surface area (Å²) in [7, 11) is 0. The van der Waals surface area contributed by atoms with Crippen LogP contribution in [0.3, 0.4) is 0 Å². The maximum atomic E-state index is 5.80. The summed E-state index contributed by atoms with van der Waals surface area (Å²) >= 11 is 0. The summed E-state index contributed by atoms with van der Waals surface area (Å²) < 4.78 is 5.80. The molecule has 0 unspecified atom stereocenters. The average molecular weight is 271 g/mol. The molecule has 0 atom stereocenters. The topological polar surface area (TPSA) is 16.4 Å². The third-order valence-electron chi connectivity index (χ3n) is 4.37. The molecule has 0 radical (unpaired) electrons. The highest BCUT2D eigenvalue weighted by atomic mass is 16.3. The van der Waals surface area contributed by atoms with Gasteiger partial charge in [-0.25, -0.2) is 0 Å². The van der Waals surface area contributed by atoms with Gasteiger partial charge >= 0.3 is 0 Å². The van der Waals surface area contributed by atoms with E-state index in [-0.39, 0.29) is 11.0 Å². The lowest BCUT2D eigenvalue weighted by Crippen LogP contribution is -2.36. The second kappa shape index (κ2) is 4.11. The molecule has 2 nitrogen and oxygen atoms in total. The Morgan fingerprint density at radius 3 is 2.10 bits per heavy atom. The molecule has 1 aliphatic rings. The Labute approximate surface area is 121 Å². The fourth-order valence-electron chi connectivity index (χ4n) is 2.98. The second-order valence-electron chi connectivity index (χ2n) is 8.04. The van der Waals surface area contributed by atoms with E-state index in [1.807, 2.05) is 6.26 Å².